The van der Waals surface area contributed by atoms with E-state index in [0.29, 0.717) is 0 Å². The second kappa shape index (κ2) is 4.61. The molecule has 1 atom stereocenters. The van der Waals surface area contributed by atoms with E-state index in [9.17, 15) is 0 Å². The lowest BCUT2D eigenvalue weighted by Gasteiger charge is -2.10. The molecule has 0 saturated heterocycles. The maximum absolute atomic E-state index is 5.47. The van der Waals surface area contributed by atoms with Gasteiger partial charge in [-0.2, -0.15) is 0 Å². The van der Waals surface area contributed by atoms with E-state index in [0.717, 1.165) is 17.1 Å². The molecule has 3 N–H and O–H groups in total. The van der Waals surface area contributed by atoms with Crippen LogP contribution in [0.2, 0.25) is 0 Å². The van der Waals surface area contributed by atoms with E-state index in [2.05, 4.69) is 15.4 Å². The van der Waals surface area contributed by atoms with Crippen LogP contribution in [0.3, 0.4) is 0 Å². The minimum absolute atomic E-state index is 0.0624. The predicted octanol–water partition coefficient (Wildman–Crippen LogP) is 1.35. The first kappa shape index (κ1) is 9.72. The van der Waals surface area contributed by atoms with Gasteiger partial charge in [0.25, 0.3) is 0 Å². The third kappa shape index (κ3) is 2.16. The van der Waals surface area contributed by atoms with Gasteiger partial charge in [-0.15, -0.1) is 22.7 Å². The molecule has 0 radical (unpaired) electrons. The minimum Gasteiger partial charge on any atom is -0.271 e. The molecule has 6 heteroatoms. The summed E-state index contributed by atoms with van der Waals surface area (Å²) >= 11 is 3.21. The standard InChI is InChI=1S/C8H10N4S2/c9-12-6(7-4-13-5-11-7)3-8-10-1-2-14-8/h1-2,4-6,12H,3,9H2. The SMILES string of the molecule is NNC(Cc1nccs1)c1cscn1. The summed E-state index contributed by atoms with van der Waals surface area (Å²) in [6.07, 6.45) is 2.59. The number of nitrogens with two attached hydrogens (primary N) is 1. The molecule has 0 saturated carbocycles. The molecule has 0 amide bonds. The van der Waals surface area contributed by atoms with Crippen LogP contribution in [0, 0.1) is 0 Å². The number of nitrogens with zero attached hydrogens (tertiary/aromatic N) is 2. The van der Waals surface area contributed by atoms with Crippen molar-refractivity contribution in [3.63, 3.8) is 0 Å². The predicted molar refractivity (Wildman–Crippen MR) is 58.0 cm³/mol. The Balaban J connectivity index is 2.08. The molecule has 0 aromatic carbocycles. The van der Waals surface area contributed by atoms with Gasteiger partial charge in [0, 0.05) is 23.4 Å². The molecule has 1 unspecified atom stereocenters. The number of aromatic nitrogens is 2. The lowest BCUT2D eigenvalue weighted by molar-refractivity contribution is 0.540. The highest BCUT2D eigenvalue weighted by Crippen LogP contribution is 2.18. The summed E-state index contributed by atoms with van der Waals surface area (Å²) in [5, 5.41) is 5.03. The molecule has 2 heterocycles. The number of hydrazine groups is 1. The Kier molecular flexibility index (Phi) is 3.20. The van der Waals surface area contributed by atoms with E-state index in [1.165, 1.54) is 0 Å². The molecule has 0 bridgehead atoms. The van der Waals surface area contributed by atoms with Crippen LogP contribution in [0.15, 0.2) is 22.5 Å². The van der Waals surface area contributed by atoms with Crippen LogP contribution in [0.25, 0.3) is 0 Å². The number of hydrogen-bond acceptors (Lipinski definition) is 6. The van der Waals surface area contributed by atoms with Crippen molar-refractivity contribution in [3.05, 3.63) is 33.2 Å². The smallest absolute Gasteiger partial charge is 0.0944 e. The van der Waals surface area contributed by atoms with Gasteiger partial charge in [-0.1, -0.05) is 0 Å². The van der Waals surface area contributed by atoms with Gasteiger partial charge in [0.05, 0.1) is 22.3 Å². The molecular formula is C8H10N4S2. The molecule has 2 rings (SSSR count). The highest BCUT2D eigenvalue weighted by Gasteiger charge is 2.13. The quantitative estimate of drug-likeness (QED) is 0.610. The molecule has 0 spiro atoms. The minimum atomic E-state index is 0.0624. The zero-order valence-electron chi connectivity index (χ0n) is 7.38. The number of rotatable bonds is 4. The van der Waals surface area contributed by atoms with Crippen molar-refractivity contribution in [1.29, 1.82) is 0 Å². The van der Waals surface area contributed by atoms with Gasteiger partial charge in [0.1, 0.15) is 0 Å². The van der Waals surface area contributed by atoms with Gasteiger partial charge in [0.15, 0.2) is 0 Å². The number of hydrogen-bond donors (Lipinski definition) is 2. The zero-order valence-corrected chi connectivity index (χ0v) is 9.02. The molecule has 74 valence electrons. The van der Waals surface area contributed by atoms with Crippen molar-refractivity contribution in [2.24, 2.45) is 5.84 Å². The van der Waals surface area contributed by atoms with E-state index in [1.54, 1.807) is 28.9 Å². The first-order valence-corrected chi connectivity index (χ1v) is 5.95. The van der Waals surface area contributed by atoms with Crippen LogP contribution in [0.5, 0.6) is 0 Å². The van der Waals surface area contributed by atoms with E-state index in [-0.39, 0.29) is 6.04 Å². The molecule has 4 nitrogen and oxygen atoms in total. The Morgan fingerprint density at radius 1 is 1.50 bits per heavy atom. The Morgan fingerprint density at radius 2 is 2.43 bits per heavy atom. The Labute approximate surface area is 89.8 Å². The molecule has 0 aliphatic rings. The first-order valence-electron chi connectivity index (χ1n) is 4.12. The lowest BCUT2D eigenvalue weighted by atomic mass is 10.2. The van der Waals surface area contributed by atoms with Crippen molar-refractivity contribution >= 4 is 22.7 Å². The highest BCUT2D eigenvalue weighted by atomic mass is 32.1. The van der Waals surface area contributed by atoms with Gasteiger partial charge >= 0.3 is 0 Å². The summed E-state index contributed by atoms with van der Waals surface area (Å²) in [5.74, 6) is 5.47. The Hall–Kier alpha value is -0.820. The first-order chi connectivity index (χ1) is 6.90. The van der Waals surface area contributed by atoms with Crippen LogP contribution in [0.4, 0.5) is 0 Å². The molecule has 0 fully saturated rings. The topological polar surface area (TPSA) is 63.8 Å². The van der Waals surface area contributed by atoms with E-state index in [4.69, 9.17) is 5.84 Å². The van der Waals surface area contributed by atoms with Crippen molar-refractivity contribution < 1.29 is 0 Å². The van der Waals surface area contributed by atoms with E-state index < -0.39 is 0 Å². The van der Waals surface area contributed by atoms with Gasteiger partial charge in [-0.3, -0.25) is 11.3 Å². The van der Waals surface area contributed by atoms with E-state index in [1.807, 2.05) is 16.3 Å². The molecule has 14 heavy (non-hydrogen) atoms. The summed E-state index contributed by atoms with van der Waals surface area (Å²) in [7, 11) is 0. The second-order valence-corrected chi connectivity index (χ2v) is 4.46. The summed E-state index contributed by atoms with van der Waals surface area (Å²) in [6.45, 7) is 0. The van der Waals surface area contributed by atoms with Gasteiger partial charge in [-0.05, 0) is 0 Å². The van der Waals surface area contributed by atoms with E-state index >= 15 is 0 Å². The van der Waals surface area contributed by atoms with Crippen LogP contribution in [-0.4, -0.2) is 9.97 Å². The maximum atomic E-state index is 5.47. The zero-order chi connectivity index (χ0) is 9.80. The highest BCUT2D eigenvalue weighted by molar-refractivity contribution is 7.09. The van der Waals surface area contributed by atoms with Crippen molar-refractivity contribution in [2.75, 3.05) is 0 Å². The molecule has 0 aliphatic carbocycles. The second-order valence-electron chi connectivity index (χ2n) is 2.76. The normalized spacial score (nSPS) is 12.9. The fraction of sp³-hybridized carbons (Fsp3) is 0.250. The van der Waals surface area contributed by atoms with Crippen LogP contribution in [0.1, 0.15) is 16.7 Å². The fourth-order valence-electron chi connectivity index (χ4n) is 1.17. The number of thiazole rings is 2. The molecular weight excluding hydrogens is 216 g/mol. The lowest BCUT2D eigenvalue weighted by Crippen LogP contribution is -2.29. The van der Waals surface area contributed by atoms with Gasteiger partial charge < -0.3 is 0 Å². The largest absolute Gasteiger partial charge is 0.271 e. The summed E-state index contributed by atoms with van der Waals surface area (Å²) in [4.78, 5) is 8.43. The van der Waals surface area contributed by atoms with Crippen LogP contribution >= 0.6 is 22.7 Å². The fourth-order valence-corrected chi connectivity index (χ4v) is 2.44. The Morgan fingerprint density at radius 3 is 3.00 bits per heavy atom. The number of nitrogens with one attached hydrogen (secondary N) is 1. The van der Waals surface area contributed by atoms with Crippen molar-refractivity contribution in [2.45, 2.75) is 12.5 Å². The average molecular weight is 226 g/mol. The third-order valence-electron chi connectivity index (χ3n) is 1.87. The average Bonchev–Trinajstić information content (AvgIpc) is 2.86. The van der Waals surface area contributed by atoms with Crippen molar-refractivity contribution in [1.82, 2.24) is 15.4 Å². The molecule has 0 aliphatic heterocycles. The van der Waals surface area contributed by atoms with Gasteiger partial charge in [0.2, 0.25) is 0 Å². The summed E-state index contributed by atoms with van der Waals surface area (Å²) < 4.78 is 0. The third-order valence-corrected chi connectivity index (χ3v) is 3.28. The molecule has 2 aromatic heterocycles. The van der Waals surface area contributed by atoms with Crippen LogP contribution in [-0.2, 0) is 6.42 Å². The Bertz CT molecular complexity index is 357. The summed E-state index contributed by atoms with van der Waals surface area (Å²) in [6, 6.07) is 0.0624. The summed E-state index contributed by atoms with van der Waals surface area (Å²) in [5.41, 5.74) is 5.54. The van der Waals surface area contributed by atoms with Crippen LogP contribution < -0.4 is 11.3 Å². The monoisotopic (exact) mass is 226 g/mol. The van der Waals surface area contributed by atoms with Crippen molar-refractivity contribution in [3.8, 4) is 0 Å². The molecule has 2 aromatic rings. The van der Waals surface area contributed by atoms with Gasteiger partial charge in [-0.25, -0.2) is 9.97 Å². The maximum Gasteiger partial charge on any atom is 0.0944 e.